The van der Waals surface area contributed by atoms with Crippen molar-refractivity contribution in [2.45, 2.75) is 31.3 Å². The number of aryl methyl sites for hydroxylation is 1. The molecule has 2 aromatic rings. The second kappa shape index (κ2) is 7.20. The Morgan fingerprint density at radius 3 is 2.50 bits per heavy atom. The van der Waals surface area contributed by atoms with E-state index >= 15 is 0 Å². The number of aliphatic hydroxyl groups is 4. The number of fused-ring (bicyclic) bond motifs is 1. The van der Waals surface area contributed by atoms with Crippen LogP contribution in [0.5, 0.6) is 0 Å². The molecule has 130 valence electrons. The molecule has 1 aromatic heterocycles. The Bertz CT molecular complexity index is 801. The van der Waals surface area contributed by atoms with Gasteiger partial charge in [-0.25, -0.2) is 4.79 Å². The first-order valence-corrected chi connectivity index (χ1v) is 7.25. The highest BCUT2D eigenvalue weighted by molar-refractivity contribution is 6.02. The van der Waals surface area contributed by atoms with Gasteiger partial charge < -0.3 is 30.6 Å². The van der Waals surface area contributed by atoms with Crippen LogP contribution in [-0.4, -0.2) is 57.2 Å². The second-order valence-corrected chi connectivity index (χ2v) is 5.58. The van der Waals surface area contributed by atoms with E-state index in [0.717, 1.165) is 0 Å². The summed E-state index contributed by atoms with van der Waals surface area (Å²) in [4.78, 5) is 23.8. The van der Waals surface area contributed by atoms with E-state index in [1.807, 2.05) is 0 Å². The Morgan fingerprint density at radius 1 is 1.21 bits per heavy atom. The minimum atomic E-state index is -1.78. The number of carbonyl (C=O) groups is 1. The molecule has 0 aliphatic heterocycles. The lowest BCUT2D eigenvalue weighted by molar-refractivity contribution is -0.0798. The molecule has 24 heavy (non-hydrogen) atoms. The minimum absolute atomic E-state index is 0.0773. The van der Waals surface area contributed by atoms with Gasteiger partial charge in [-0.15, -0.1) is 0 Å². The quantitative estimate of drug-likeness (QED) is 0.321. The first-order valence-electron chi connectivity index (χ1n) is 7.25. The lowest BCUT2D eigenvalue weighted by atomic mass is 9.94. The van der Waals surface area contributed by atoms with Crippen LogP contribution in [0.2, 0.25) is 0 Å². The third-order valence-electron chi connectivity index (χ3n) is 3.84. The molecule has 8 heteroatoms. The van der Waals surface area contributed by atoms with Crippen LogP contribution >= 0.6 is 0 Å². The van der Waals surface area contributed by atoms with Gasteiger partial charge in [-0.3, -0.25) is 4.79 Å². The second-order valence-electron chi connectivity index (χ2n) is 5.58. The predicted molar refractivity (Wildman–Crippen MR) is 84.6 cm³/mol. The number of rotatable bonds is 6. The monoisotopic (exact) mass is 337 g/mol. The number of nitrogens with two attached hydrogens (primary N) is 1. The average Bonchev–Trinajstić information content (AvgIpc) is 2.57. The van der Waals surface area contributed by atoms with Gasteiger partial charge in [0.2, 0.25) is 0 Å². The van der Waals surface area contributed by atoms with Gasteiger partial charge in [0.25, 0.3) is 0 Å². The molecule has 1 heterocycles. The van der Waals surface area contributed by atoms with Crippen molar-refractivity contribution in [3.8, 4) is 0 Å². The van der Waals surface area contributed by atoms with Crippen molar-refractivity contribution >= 4 is 16.8 Å². The lowest BCUT2D eigenvalue weighted by Gasteiger charge is -2.25. The standard InChI is InChI=1S/C16H19NO7/c1-7-4-12(20)24-11-5-8(2-3-9(7)11)14(21)13(17)16(23)15(22)10(19)6-18/h2-5,10,13,15-16,18-19,22-23H,6,17H2,1H3/t10-,13+,15-,16-/m1/s1. The van der Waals surface area contributed by atoms with Crippen LogP contribution in [0.25, 0.3) is 11.0 Å². The minimum Gasteiger partial charge on any atom is -0.423 e. The average molecular weight is 337 g/mol. The normalized spacial score (nSPS) is 16.6. The third kappa shape index (κ3) is 3.53. The molecule has 8 nitrogen and oxygen atoms in total. The zero-order chi connectivity index (χ0) is 18.0. The summed E-state index contributed by atoms with van der Waals surface area (Å²) in [6.07, 6.45) is -5.19. The van der Waals surface area contributed by atoms with Crippen molar-refractivity contribution in [3.05, 3.63) is 45.8 Å². The van der Waals surface area contributed by atoms with E-state index in [1.54, 1.807) is 13.0 Å². The number of Topliss-reactive ketones (excluding diaryl/α,β-unsaturated/α-hetero) is 1. The van der Waals surface area contributed by atoms with Crippen molar-refractivity contribution in [1.82, 2.24) is 0 Å². The summed E-state index contributed by atoms with van der Waals surface area (Å²) in [5.41, 5.74) is 6.05. The van der Waals surface area contributed by atoms with E-state index in [0.29, 0.717) is 10.9 Å². The maximum Gasteiger partial charge on any atom is 0.336 e. The van der Waals surface area contributed by atoms with Crippen LogP contribution in [0, 0.1) is 6.92 Å². The van der Waals surface area contributed by atoms with Gasteiger partial charge in [-0.1, -0.05) is 12.1 Å². The van der Waals surface area contributed by atoms with Gasteiger partial charge >= 0.3 is 5.63 Å². The highest BCUT2D eigenvalue weighted by Gasteiger charge is 2.33. The number of carbonyl (C=O) groups excluding carboxylic acids is 1. The van der Waals surface area contributed by atoms with Crippen LogP contribution in [0.4, 0.5) is 0 Å². The highest BCUT2D eigenvalue weighted by atomic mass is 16.4. The SMILES string of the molecule is Cc1cc(=O)oc2cc(C(=O)[C@H](N)[C@@H](O)[C@H](O)[C@H](O)CO)ccc12. The molecule has 1 aromatic carbocycles. The first kappa shape index (κ1) is 18.2. The van der Waals surface area contributed by atoms with Gasteiger partial charge in [0.05, 0.1) is 12.6 Å². The van der Waals surface area contributed by atoms with Crippen molar-refractivity contribution in [1.29, 1.82) is 0 Å². The predicted octanol–water partition coefficient (Wildman–Crippen LogP) is -1.31. The molecular formula is C16H19NO7. The molecule has 0 aliphatic rings. The number of hydrogen-bond acceptors (Lipinski definition) is 8. The summed E-state index contributed by atoms with van der Waals surface area (Å²) in [7, 11) is 0. The van der Waals surface area contributed by atoms with Crippen LogP contribution in [0.3, 0.4) is 0 Å². The first-order chi connectivity index (χ1) is 11.3. The molecule has 0 aliphatic carbocycles. The van der Waals surface area contributed by atoms with Crippen LogP contribution < -0.4 is 11.4 Å². The molecule has 0 saturated carbocycles. The Balaban J connectivity index is 2.32. The third-order valence-corrected chi connectivity index (χ3v) is 3.84. The molecule has 0 spiro atoms. The molecule has 6 N–H and O–H groups in total. The molecule has 0 amide bonds. The smallest absolute Gasteiger partial charge is 0.336 e. The van der Waals surface area contributed by atoms with Crippen LogP contribution in [0.15, 0.2) is 33.5 Å². The van der Waals surface area contributed by atoms with Crippen molar-refractivity contribution < 1.29 is 29.6 Å². The zero-order valence-corrected chi connectivity index (χ0v) is 12.9. The Labute approximate surface area is 136 Å². The summed E-state index contributed by atoms with van der Waals surface area (Å²) in [5, 5.41) is 38.3. The van der Waals surface area contributed by atoms with E-state index in [1.165, 1.54) is 18.2 Å². The van der Waals surface area contributed by atoms with Crippen LogP contribution in [-0.2, 0) is 0 Å². The van der Waals surface area contributed by atoms with Gasteiger partial charge in [-0.05, 0) is 18.6 Å². The van der Waals surface area contributed by atoms with Crippen molar-refractivity contribution in [3.63, 3.8) is 0 Å². The van der Waals surface area contributed by atoms with E-state index in [2.05, 4.69) is 0 Å². The summed E-state index contributed by atoms with van der Waals surface area (Å²) >= 11 is 0. The topological polar surface area (TPSA) is 154 Å². The van der Waals surface area contributed by atoms with E-state index in [9.17, 15) is 24.9 Å². The molecule has 0 radical (unpaired) electrons. The molecule has 4 atom stereocenters. The van der Waals surface area contributed by atoms with Gasteiger partial charge in [0.15, 0.2) is 5.78 Å². The maximum atomic E-state index is 12.4. The Hall–Kier alpha value is -2.10. The maximum absolute atomic E-state index is 12.4. The Morgan fingerprint density at radius 2 is 1.88 bits per heavy atom. The summed E-state index contributed by atoms with van der Waals surface area (Å²) < 4.78 is 5.04. The molecule has 2 rings (SSSR count). The summed E-state index contributed by atoms with van der Waals surface area (Å²) in [6, 6.07) is 4.16. The zero-order valence-electron chi connectivity index (χ0n) is 12.9. The number of benzene rings is 1. The molecule has 0 bridgehead atoms. The number of aliphatic hydroxyl groups excluding tert-OH is 4. The van der Waals surface area contributed by atoms with Crippen molar-refractivity contribution in [2.24, 2.45) is 5.73 Å². The Kier molecular flexibility index (Phi) is 5.47. The highest BCUT2D eigenvalue weighted by Crippen LogP contribution is 2.19. The fourth-order valence-corrected chi connectivity index (χ4v) is 2.37. The molecule has 0 fully saturated rings. The largest absolute Gasteiger partial charge is 0.423 e. The molecular weight excluding hydrogens is 318 g/mol. The number of hydrogen-bond donors (Lipinski definition) is 5. The van der Waals surface area contributed by atoms with Gasteiger partial charge in [0, 0.05) is 17.0 Å². The molecule has 0 unspecified atom stereocenters. The van der Waals surface area contributed by atoms with Gasteiger partial charge in [-0.2, -0.15) is 0 Å². The van der Waals surface area contributed by atoms with Gasteiger partial charge in [0.1, 0.15) is 23.9 Å². The molecule has 0 saturated heterocycles. The fraction of sp³-hybridized carbons (Fsp3) is 0.375. The summed E-state index contributed by atoms with van der Waals surface area (Å²) in [5.74, 6) is -0.710. The summed E-state index contributed by atoms with van der Waals surface area (Å²) in [6.45, 7) is 0.933. The number of ketones is 1. The van der Waals surface area contributed by atoms with Crippen molar-refractivity contribution in [2.75, 3.05) is 6.61 Å². The van der Waals surface area contributed by atoms with E-state index < -0.39 is 42.4 Å². The van der Waals surface area contributed by atoms with E-state index in [4.69, 9.17) is 15.3 Å². The lowest BCUT2D eigenvalue weighted by Crippen LogP contribution is -2.52. The van der Waals surface area contributed by atoms with E-state index in [-0.39, 0.29) is 11.1 Å². The van der Waals surface area contributed by atoms with Crippen LogP contribution in [0.1, 0.15) is 15.9 Å². The fourth-order valence-electron chi connectivity index (χ4n) is 2.37.